The number of halogens is 3. The fourth-order valence-corrected chi connectivity index (χ4v) is 10.3. The Balaban J connectivity index is 1.16. The van der Waals surface area contributed by atoms with Crippen molar-refractivity contribution < 1.29 is 36.0 Å². The smallest absolute Gasteiger partial charge is 0.416 e. The number of carbonyl (C=O) groups is 1. The Morgan fingerprint density at radius 1 is 0.923 bits per heavy atom. The Labute approximate surface area is 376 Å². The number of aromatic amines is 1. The van der Waals surface area contributed by atoms with Gasteiger partial charge < -0.3 is 24.8 Å². The third kappa shape index (κ3) is 10.5. The zero-order valence-electron chi connectivity index (χ0n) is 36.5. The van der Waals surface area contributed by atoms with Crippen molar-refractivity contribution in [3.63, 3.8) is 0 Å². The molecule has 65 heavy (non-hydrogen) atoms. The predicted molar refractivity (Wildman–Crippen MR) is 246 cm³/mol. The van der Waals surface area contributed by atoms with Gasteiger partial charge in [0.15, 0.2) is 0 Å². The molecule has 0 saturated carbocycles. The van der Waals surface area contributed by atoms with Crippen LogP contribution in [0.2, 0.25) is 0 Å². The van der Waals surface area contributed by atoms with Crippen molar-refractivity contribution >= 4 is 49.5 Å². The molecule has 0 bridgehead atoms. The van der Waals surface area contributed by atoms with E-state index in [4.69, 9.17) is 4.74 Å². The number of amides is 1. The van der Waals surface area contributed by atoms with E-state index in [1.54, 1.807) is 60.8 Å². The van der Waals surface area contributed by atoms with Gasteiger partial charge in [0.05, 0.1) is 16.2 Å². The van der Waals surface area contributed by atoms with Crippen LogP contribution in [0.4, 0.5) is 30.2 Å². The first-order valence-electron chi connectivity index (χ1n) is 22.1. The minimum Gasteiger partial charge on any atom is -0.448 e. The second-order valence-electron chi connectivity index (χ2n) is 17.9. The van der Waals surface area contributed by atoms with Gasteiger partial charge in [-0.25, -0.2) is 13.1 Å². The van der Waals surface area contributed by atoms with Crippen LogP contribution in [0.5, 0.6) is 11.5 Å². The first-order chi connectivity index (χ1) is 31.1. The van der Waals surface area contributed by atoms with Gasteiger partial charge >= 0.3 is 11.9 Å². The molecule has 8 rings (SSSR count). The zero-order valence-corrected chi connectivity index (χ0v) is 37.4. The van der Waals surface area contributed by atoms with E-state index in [9.17, 15) is 36.5 Å². The number of nitrogens with zero attached hydrogens (tertiary/aromatic N) is 4. The first-order valence-corrected chi connectivity index (χ1v) is 23.6. The number of allylic oxidation sites excluding steroid dienone is 1. The average Bonchev–Trinajstić information content (AvgIpc) is 3.99. The number of anilines is 2. The summed E-state index contributed by atoms with van der Waals surface area (Å²) in [6.45, 7) is 9.79. The quantitative estimate of drug-likeness (QED) is 0.0526. The van der Waals surface area contributed by atoms with Crippen molar-refractivity contribution in [2.24, 2.45) is 5.41 Å². The molecule has 2 aliphatic heterocycles. The number of aromatic nitrogens is 1. The number of sulfonamides is 1. The fraction of sp³-hybridized carbons (Fsp3) is 0.396. The summed E-state index contributed by atoms with van der Waals surface area (Å²) in [5.41, 5.74) is 2.81. The van der Waals surface area contributed by atoms with Crippen LogP contribution in [0.15, 0.2) is 102 Å². The maximum atomic E-state index is 14.5. The number of hydrogen-bond acceptors (Lipinski definition) is 10. The summed E-state index contributed by atoms with van der Waals surface area (Å²) in [5.74, 6) is -1.28. The Morgan fingerprint density at radius 3 is 2.34 bits per heavy atom. The van der Waals surface area contributed by atoms with Crippen molar-refractivity contribution in [2.45, 2.75) is 63.4 Å². The van der Waals surface area contributed by atoms with Crippen molar-refractivity contribution in [2.75, 3.05) is 69.1 Å². The second-order valence-corrected chi connectivity index (χ2v) is 19.5. The number of alkyl halides is 3. The van der Waals surface area contributed by atoms with Crippen molar-refractivity contribution in [1.82, 2.24) is 19.5 Å². The maximum Gasteiger partial charge on any atom is 0.416 e. The van der Waals surface area contributed by atoms with Crippen LogP contribution in [0, 0.1) is 15.5 Å². The molecule has 0 atom stereocenters. The number of likely N-dealkylation sites (tertiary alicyclic amines) is 1. The number of piperazine rings is 1. The lowest BCUT2D eigenvalue weighted by atomic mass is 9.72. The Kier molecular flexibility index (Phi) is 13.3. The SMILES string of the molecule is CC1(C)CCC(CN2CCN(c3cc(S(=O)(=O)NC(=O)c4ccccc4)c(Oc4cccc5[nH]ccc45)c([N+](=O)[O-])c3NCCCN3CCCC3)CC2)=C(c2ccc(C(F)(F)F)cc2)C1. The highest BCUT2D eigenvalue weighted by molar-refractivity contribution is 7.90. The van der Waals surface area contributed by atoms with Crippen LogP contribution in [-0.2, 0) is 16.2 Å². The molecule has 13 nitrogen and oxygen atoms in total. The molecule has 3 heterocycles. The van der Waals surface area contributed by atoms with Crippen molar-refractivity contribution in [3.8, 4) is 11.5 Å². The van der Waals surface area contributed by atoms with Crippen molar-refractivity contribution in [3.05, 3.63) is 124 Å². The molecule has 0 unspecified atom stereocenters. The summed E-state index contributed by atoms with van der Waals surface area (Å²) in [5, 5.41) is 17.4. The Morgan fingerprint density at radius 2 is 1.65 bits per heavy atom. The van der Waals surface area contributed by atoms with E-state index >= 15 is 0 Å². The van der Waals surface area contributed by atoms with E-state index in [1.165, 1.54) is 18.2 Å². The van der Waals surface area contributed by atoms with Gasteiger partial charge in [-0.3, -0.25) is 19.8 Å². The molecule has 2 fully saturated rings. The molecule has 3 aliphatic rings. The van der Waals surface area contributed by atoms with Gasteiger partial charge in [0.2, 0.25) is 5.75 Å². The number of nitro groups is 1. The summed E-state index contributed by atoms with van der Waals surface area (Å²) >= 11 is 0. The summed E-state index contributed by atoms with van der Waals surface area (Å²) < 4.78 is 78.0. The lowest BCUT2D eigenvalue weighted by Crippen LogP contribution is -2.47. The largest absolute Gasteiger partial charge is 0.448 e. The number of nitrogens with one attached hydrogen (secondary N) is 3. The van der Waals surface area contributed by atoms with Crippen LogP contribution in [0.25, 0.3) is 16.5 Å². The molecular weight excluding hydrogens is 860 g/mol. The zero-order chi connectivity index (χ0) is 45.9. The summed E-state index contributed by atoms with van der Waals surface area (Å²) in [6, 6.07) is 21.4. The number of benzene rings is 4. The van der Waals surface area contributed by atoms with Crippen LogP contribution >= 0.6 is 0 Å². The van der Waals surface area contributed by atoms with E-state index in [0.29, 0.717) is 56.6 Å². The molecule has 344 valence electrons. The van der Waals surface area contributed by atoms with Gasteiger partial charge in [-0.1, -0.05) is 55.8 Å². The molecule has 5 aromatic rings. The average molecular weight is 914 g/mol. The third-order valence-corrected chi connectivity index (χ3v) is 14.1. The molecule has 1 aliphatic carbocycles. The number of fused-ring (bicyclic) bond motifs is 1. The van der Waals surface area contributed by atoms with Gasteiger partial charge in [0.1, 0.15) is 16.3 Å². The van der Waals surface area contributed by atoms with Crippen LogP contribution in [-0.4, -0.2) is 92.9 Å². The molecular formula is C48H54F3N7O6S. The Bertz CT molecular complexity index is 2670. The molecule has 3 N–H and O–H groups in total. The van der Waals surface area contributed by atoms with Gasteiger partial charge in [0.25, 0.3) is 15.9 Å². The van der Waals surface area contributed by atoms with Crippen LogP contribution < -0.4 is 19.7 Å². The number of ether oxygens (including phenoxy) is 1. The third-order valence-electron chi connectivity index (χ3n) is 12.7. The second kappa shape index (κ2) is 18.9. The summed E-state index contributed by atoms with van der Waals surface area (Å²) in [6.07, 6.45) is 2.58. The van der Waals surface area contributed by atoms with Crippen LogP contribution in [0.3, 0.4) is 0 Å². The highest BCUT2D eigenvalue weighted by atomic mass is 32.2. The van der Waals surface area contributed by atoms with Gasteiger partial charge in [-0.05, 0) is 123 Å². The molecule has 0 radical (unpaired) electrons. The first kappa shape index (κ1) is 45.7. The number of rotatable bonds is 15. The molecule has 0 spiro atoms. The lowest BCUT2D eigenvalue weighted by molar-refractivity contribution is -0.384. The van der Waals surface area contributed by atoms with E-state index in [0.717, 1.165) is 80.6 Å². The van der Waals surface area contributed by atoms with Gasteiger partial charge in [-0.2, -0.15) is 13.2 Å². The normalized spacial score (nSPS) is 17.4. The maximum absolute atomic E-state index is 14.5. The molecule has 2 saturated heterocycles. The van der Waals surface area contributed by atoms with E-state index < -0.39 is 48.9 Å². The van der Waals surface area contributed by atoms with Gasteiger partial charge in [-0.15, -0.1) is 0 Å². The minimum absolute atomic E-state index is 0.0323. The van der Waals surface area contributed by atoms with Crippen molar-refractivity contribution in [1.29, 1.82) is 0 Å². The summed E-state index contributed by atoms with van der Waals surface area (Å²) in [7, 11) is -4.83. The minimum atomic E-state index is -4.83. The topological polar surface area (TPSA) is 153 Å². The molecule has 4 aromatic carbocycles. The highest BCUT2D eigenvalue weighted by Gasteiger charge is 2.38. The number of H-pyrrole nitrogens is 1. The monoisotopic (exact) mass is 913 g/mol. The number of carbonyl (C=O) groups excluding carboxylic acids is 1. The lowest BCUT2D eigenvalue weighted by Gasteiger charge is -2.40. The highest BCUT2D eigenvalue weighted by Crippen LogP contribution is 2.50. The molecule has 17 heteroatoms. The summed E-state index contributed by atoms with van der Waals surface area (Å²) in [4.78, 5) is 35.4. The standard InChI is InChI=1S/C48H54F3N7O6S/c1-47(2)20-18-35(38(31-47)33-14-16-36(17-15-33)48(49,50)51)32-56-26-28-57(29-27-56)40-30-42(65(62,63)54-46(59)34-10-4-3-5-11-34)45(64-41-13-8-12-39-37(41)19-22-52-39)44(58(60)61)43(40)53-21-9-25-55-23-6-7-24-55/h3-5,8,10-17,19,22,30,52-53H,6-7,9,18,20-21,23-29,31-32H2,1-2H3,(H,54,59). The number of hydrogen-bond donors (Lipinski definition) is 3. The number of nitro benzene ring substituents is 1. The molecule has 1 amide bonds. The van der Waals surface area contributed by atoms with Crippen LogP contribution in [0.1, 0.15) is 73.9 Å². The Hall–Kier alpha value is -5.91. The molecule has 1 aromatic heterocycles. The van der Waals surface area contributed by atoms with Gasteiger partial charge in [0, 0.05) is 61.9 Å². The fourth-order valence-electron chi connectivity index (χ4n) is 9.20. The van der Waals surface area contributed by atoms with E-state index in [-0.39, 0.29) is 28.1 Å². The van der Waals surface area contributed by atoms with E-state index in [2.05, 4.69) is 38.7 Å². The predicted octanol–water partition coefficient (Wildman–Crippen LogP) is 9.69. The van der Waals surface area contributed by atoms with E-state index in [1.807, 2.05) is 4.90 Å².